The summed E-state index contributed by atoms with van der Waals surface area (Å²) in [7, 11) is 0. The predicted octanol–water partition coefficient (Wildman–Crippen LogP) is 2.61. The number of halogens is 1. The SMILES string of the molecule is CCOCc1nc(Cl)cc(N2CCSC(C)C2)n1. The van der Waals surface area contributed by atoms with Gasteiger partial charge in [0.05, 0.1) is 0 Å². The molecule has 2 rings (SSSR count). The molecule has 1 aliphatic rings. The van der Waals surface area contributed by atoms with Gasteiger partial charge in [-0.05, 0) is 6.92 Å². The Kier molecular flexibility index (Phi) is 5.09. The van der Waals surface area contributed by atoms with Gasteiger partial charge in [0.25, 0.3) is 0 Å². The van der Waals surface area contributed by atoms with Crippen molar-refractivity contribution >= 4 is 29.2 Å². The van der Waals surface area contributed by atoms with Crippen LogP contribution in [-0.4, -0.2) is 40.7 Å². The van der Waals surface area contributed by atoms with Crippen LogP contribution in [0.1, 0.15) is 19.7 Å². The summed E-state index contributed by atoms with van der Waals surface area (Å²) in [5, 5.41) is 1.11. The van der Waals surface area contributed by atoms with Crippen molar-refractivity contribution in [2.24, 2.45) is 0 Å². The van der Waals surface area contributed by atoms with Crippen molar-refractivity contribution in [1.82, 2.24) is 9.97 Å². The average molecular weight is 288 g/mol. The van der Waals surface area contributed by atoms with E-state index < -0.39 is 0 Å². The molecular formula is C12H18ClN3OS. The number of nitrogens with zero attached hydrogens (tertiary/aromatic N) is 3. The van der Waals surface area contributed by atoms with Crippen molar-refractivity contribution < 1.29 is 4.74 Å². The van der Waals surface area contributed by atoms with Gasteiger partial charge in [-0.15, -0.1) is 0 Å². The molecule has 100 valence electrons. The molecule has 1 aliphatic heterocycles. The van der Waals surface area contributed by atoms with Crippen LogP contribution in [0.3, 0.4) is 0 Å². The molecular weight excluding hydrogens is 270 g/mol. The Morgan fingerprint density at radius 1 is 1.56 bits per heavy atom. The lowest BCUT2D eigenvalue weighted by Gasteiger charge is -2.31. The number of hydrogen-bond donors (Lipinski definition) is 0. The summed E-state index contributed by atoms with van der Waals surface area (Å²) in [4.78, 5) is 11.0. The van der Waals surface area contributed by atoms with E-state index in [2.05, 4.69) is 21.8 Å². The number of thioether (sulfide) groups is 1. The highest BCUT2D eigenvalue weighted by Crippen LogP contribution is 2.24. The first-order chi connectivity index (χ1) is 8.69. The van der Waals surface area contributed by atoms with Gasteiger partial charge in [-0.25, -0.2) is 9.97 Å². The highest BCUT2D eigenvalue weighted by molar-refractivity contribution is 8.00. The number of anilines is 1. The van der Waals surface area contributed by atoms with Crippen molar-refractivity contribution in [2.45, 2.75) is 25.7 Å². The molecule has 6 heteroatoms. The molecule has 18 heavy (non-hydrogen) atoms. The van der Waals surface area contributed by atoms with Crippen LogP contribution in [0.25, 0.3) is 0 Å². The van der Waals surface area contributed by atoms with E-state index in [1.54, 1.807) is 0 Å². The average Bonchev–Trinajstić information content (AvgIpc) is 2.36. The summed E-state index contributed by atoms with van der Waals surface area (Å²) in [5.74, 6) is 2.70. The Morgan fingerprint density at radius 2 is 2.39 bits per heavy atom. The van der Waals surface area contributed by atoms with Crippen LogP contribution < -0.4 is 4.90 Å². The minimum atomic E-state index is 0.419. The van der Waals surface area contributed by atoms with Gasteiger partial charge in [0.2, 0.25) is 0 Å². The largest absolute Gasteiger partial charge is 0.374 e. The van der Waals surface area contributed by atoms with E-state index in [9.17, 15) is 0 Å². The van der Waals surface area contributed by atoms with Crippen LogP contribution in [0.15, 0.2) is 6.07 Å². The number of rotatable bonds is 4. The van der Waals surface area contributed by atoms with E-state index in [0.717, 1.165) is 24.7 Å². The van der Waals surface area contributed by atoms with Crippen LogP contribution in [0, 0.1) is 0 Å². The van der Waals surface area contributed by atoms with Crippen molar-refractivity contribution in [2.75, 3.05) is 30.3 Å². The Hall–Kier alpha value is -0.520. The van der Waals surface area contributed by atoms with E-state index in [1.807, 2.05) is 24.8 Å². The predicted molar refractivity (Wildman–Crippen MR) is 76.5 cm³/mol. The molecule has 4 nitrogen and oxygen atoms in total. The molecule has 0 N–H and O–H groups in total. The summed E-state index contributed by atoms with van der Waals surface area (Å²) in [6.07, 6.45) is 0. The van der Waals surface area contributed by atoms with Gasteiger partial charge in [0, 0.05) is 36.8 Å². The monoisotopic (exact) mass is 287 g/mol. The highest BCUT2D eigenvalue weighted by Gasteiger charge is 2.19. The molecule has 0 bridgehead atoms. The fourth-order valence-corrected chi connectivity index (χ4v) is 3.11. The zero-order valence-corrected chi connectivity index (χ0v) is 12.3. The lowest BCUT2D eigenvalue weighted by Crippen LogP contribution is -2.37. The minimum Gasteiger partial charge on any atom is -0.374 e. The van der Waals surface area contributed by atoms with Crippen LogP contribution in [0.4, 0.5) is 5.82 Å². The first kappa shape index (κ1) is 13.9. The molecule has 0 spiro atoms. The van der Waals surface area contributed by atoms with Crippen LogP contribution in [-0.2, 0) is 11.3 Å². The first-order valence-corrected chi connectivity index (χ1v) is 7.59. The Bertz CT molecular complexity index is 405. The molecule has 0 saturated carbocycles. The molecule has 0 aliphatic carbocycles. The van der Waals surface area contributed by atoms with Crippen molar-refractivity contribution in [3.05, 3.63) is 17.0 Å². The fraction of sp³-hybridized carbons (Fsp3) is 0.667. The van der Waals surface area contributed by atoms with Gasteiger partial charge < -0.3 is 9.64 Å². The molecule has 1 fully saturated rings. The second-order valence-corrected chi connectivity index (χ2v) is 6.16. The van der Waals surface area contributed by atoms with E-state index in [1.165, 1.54) is 0 Å². The molecule has 0 amide bonds. The minimum absolute atomic E-state index is 0.419. The smallest absolute Gasteiger partial charge is 0.158 e. The third kappa shape index (κ3) is 3.73. The van der Waals surface area contributed by atoms with Crippen LogP contribution in [0.5, 0.6) is 0 Å². The van der Waals surface area contributed by atoms with Gasteiger partial charge >= 0.3 is 0 Å². The zero-order valence-electron chi connectivity index (χ0n) is 10.7. The van der Waals surface area contributed by atoms with E-state index in [-0.39, 0.29) is 0 Å². The topological polar surface area (TPSA) is 38.2 Å². The maximum absolute atomic E-state index is 6.05. The lowest BCUT2D eigenvalue weighted by atomic mass is 10.3. The fourth-order valence-electron chi connectivity index (χ4n) is 1.90. The Labute approximate surface area is 117 Å². The maximum Gasteiger partial charge on any atom is 0.158 e. The van der Waals surface area contributed by atoms with Gasteiger partial charge in [0.1, 0.15) is 17.6 Å². The quantitative estimate of drug-likeness (QED) is 0.796. The standard InChI is InChI=1S/C12H18ClN3OS/c1-3-17-8-11-14-10(13)6-12(15-11)16-4-5-18-9(2)7-16/h6,9H,3-5,7-8H2,1-2H3. The van der Waals surface area contributed by atoms with Crippen molar-refractivity contribution in [3.63, 3.8) is 0 Å². The molecule has 2 heterocycles. The van der Waals surface area contributed by atoms with Gasteiger partial charge in [-0.2, -0.15) is 11.8 Å². The summed E-state index contributed by atoms with van der Waals surface area (Å²) >= 11 is 8.04. The summed E-state index contributed by atoms with van der Waals surface area (Å²) in [5.41, 5.74) is 0. The van der Waals surface area contributed by atoms with Gasteiger partial charge in [0.15, 0.2) is 5.82 Å². The summed E-state index contributed by atoms with van der Waals surface area (Å²) in [6, 6.07) is 1.83. The second-order valence-electron chi connectivity index (χ2n) is 4.23. The third-order valence-corrected chi connectivity index (χ3v) is 4.06. The lowest BCUT2D eigenvalue weighted by molar-refractivity contribution is 0.128. The molecule has 1 aromatic heterocycles. The Balaban J connectivity index is 2.13. The third-order valence-electron chi connectivity index (χ3n) is 2.73. The van der Waals surface area contributed by atoms with Gasteiger partial charge in [-0.1, -0.05) is 18.5 Å². The van der Waals surface area contributed by atoms with Gasteiger partial charge in [-0.3, -0.25) is 0 Å². The zero-order chi connectivity index (χ0) is 13.0. The van der Waals surface area contributed by atoms with E-state index in [0.29, 0.717) is 29.4 Å². The summed E-state index contributed by atoms with van der Waals surface area (Å²) < 4.78 is 5.33. The van der Waals surface area contributed by atoms with Crippen LogP contribution in [0.2, 0.25) is 5.15 Å². The normalized spacial score (nSPS) is 20.2. The molecule has 0 radical (unpaired) electrons. The summed E-state index contributed by atoms with van der Waals surface area (Å²) in [6.45, 7) is 7.28. The number of aromatic nitrogens is 2. The Morgan fingerprint density at radius 3 is 3.11 bits per heavy atom. The molecule has 1 aromatic rings. The molecule has 0 aromatic carbocycles. The first-order valence-electron chi connectivity index (χ1n) is 6.16. The van der Waals surface area contributed by atoms with Crippen LogP contribution >= 0.6 is 23.4 Å². The van der Waals surface area contributed by atoms with E-state index in [4.69, 9.17) is 16.3 Å². The number of hydrogen-bond acceptors (Lipinski definition) is 5. The maximum atomic E-state index is 6.05. The van der Waals surface area contributed by atoms with E-state index >= 15 is 0 Å². The van der Waals surface area contributed by atoms with Crippen molar-refractivity contribution in [3.8, 4) is 0 Å². The highest BCUT2D eigenvalue weighted by atomic mass is 35.5. The molecule has 1 atom stereocenters. The molecule has 1 saturated heterocycles. The molecule has 1 unspecified atom stereocenters. The van der Waals surface area contributed by atoms with Crippen molar-refractivity contribution in [1.29, 1.82) is 0 Å². The number of ether oxygens (including phenoxy) is 1. The second kappa shape index (κ2) is 6.59.